The van der Waals surface area contributed by atoms with Crippen LogP contribution in [0, 0.1) is 5.82 Å². The van der Waals surface area contributed by atoms with Crippen molar-refractivity contribution in [2.45, 2.75) is 24.4 Å². The van der Waals surface area contributed by atoms with Crippen molar-refractivity contribution in [3.05, 3.63) is 81.9 Å². The van der Waals surface area contributed by atoms with Crippen molar-refractivity contribution in [3.63, 3.8) is 0 Å². The highest BCUT2D eigenvalue weighted by atomic mass is 32.2. The molecule has 0 bridgehead atoms. The summed E-state index contributed by atoms with van der Waals surface area (Å²) in [6, 6.07) is 11.9. The molecule has 1 aliphatic heterocycles. The number of nitrogens with one attached hydrogen (secondary N) is 1. The van der Waals surface area contributed by atoms with Crippen molar-refractivity contribution < 1.29 is 17.6 Å². The van der Waals surface area contributed by atoms with Gasteiger partial charge in [0.15, 0.2) is 4.80 Å². The molecule has 3 aromatic rings. The van der Waals surface area contributed by atoms with Gasteiger partial charge in [-0.15, -0.1) is 11.3 Å². The molecule has 0 saturated carbocycles. The molecule has 2 aromatic carbocycles. The predicted octanol–water partition coefficient (Wildman–Crippen LogP) is 2.29. The molecule has 2 heterocycles. The molecule has 4 rings (SSSR count). The van der Waals surface area contributed by atoms with Gasteiger partial charge >= 0.3 is 0 Å². The van der Waals surface area contributed by atoms with Crippen LogP contribution in [0.5, 0.6) is 0 Å². The van der Waals surface area contributed by atoms with E-state index in [1.165, 1.54) is 23.5 Å². The van der Waals surface area contributed by atoms with E-state index < -0.39 is 22.0 Å². The highest BCUT2D eigenvalue weighted by Crippen LogP contribution is 2.22. The monoisotopic (exact) mass is 444 g/mol. The lowest BCUT2D eigenvalue weighted by atomic mass is 10.2. The van der Waals surface area contributed by atoms with E-state index in [9.17, 15) is 17.6 Å². The molecule has 1 amide bonds. The Morgan fingerprint density at radius 3 is 2.73 bits per heavy atom. The summed E-state index contributed by atoms with van der Waals surface area (Å²) in [5, 5.41) is 1.75. The summed E-state index contributed by atoms with van der Waals surface area (Å²) >= 11 is 1.24. The molecule has 0 radical (unpaired) electrons. The lowest BCUT2D eigenvalue weighted by Crippen LogP contribution is -2.26. The third-order valence-electron chi connectivity index (χ3n) is 4.51. The van der Waals surface area contributed by atoms with Gasteiger partial charge in [-0.2, -0.15) is 4.99 Å². The number of amides is 1. The Bertz CT molecular complexity index is 1330. The van der Waals surface area contributed by atoms with E-state index in [0.29, 0.717) is 15.9 Å². The number of amidine groups is 1. The molecule has 7 nitrogen and oxygen atoms in total. The number of rotatable bonds is 4. The molecule has 0 fully saturated rings. The fourth-order valence-electron chi connectivity index (χ4n) is 2.98. The van der Waals surface area contributed by atoms with Crippen LogP contribution in [-0.2, 0) is 21.4 Å². The number of hydrogen-bond donors (Lipinski definition) is 1. The number of carbonyl (C=O) groups excluding carboxylic acids is 1. The second-order valence-electron chi connectivity index (χ2n) is 6.61. The fraction of sp³-hybridized carbons (Fsp3) is 0.150. The lowest BCUT2D eigenvalue weighted by Gasteiger charge is -2.06. The first-order chi connectivity index (χ1) is 14.3. The highest BCUT2D eigenvalue weighted by Gasteiger charge is 2.31. The summed E-state index contributed by atoms with van der Waals surface area (Å²) in [5.74, 6) is -0.747. The van der Waals surface area contributed by atoms with Gasteiger partial charge in [-0.25, -0.2) is 12.8 Å². The summed E-state index contributed by atoms with van der Waals surface area (Å²) in [4.78, 5) is 21.5. The van der Waals surface area contributed by atoms with E-state index in [1.54, 1.807) is 59.5 Å². The Morgan fingerprint density at radius 2 is 1.93 bits per heavy atom. The molecular formula is C20H17FN4O3S2. The maximum absolute atomic E-state index is 13.9. The van der Waals surface area contributed by atoms with Gasteiger partial charge in [0.05, 0.1) is 11.4 Å². The minimum Gasteiger partial charge on any atom is -0.319 e. The topological polar surface area (TPSA) is 92.9 Å². The van der Waals surface area contributed by atoms with Crippen LogP contribution in [0.4, 0.5) is 4.39 Å². The third kappa shape index (κ3) is 3.96. The normalized spacial score (nSPS) is 17.5. The number of aliphatic imine (C=N–C) groups is 1. The maximum Gasteiger partial charge on any atom is 0.272 e. The molecular weight excluding hydrogens is 427 g/mol. The second-order valence-corrected chi connectivity index (χ2v) is 9.13. The summed E-state index contributed by atoms with van der Waals surface area (Å²) in [6.07, 6.45) is 1.72. The Balaban J connectivity index is 1.60. The summed E-state index contributed by atoms with van der Waals surface area (Å²) in [7, 11) is -3.68. The number of benzene rings is 2. The van der Waals surface area contributed by atoms with Gasteiger partial charge in [0.25, 0.3) is 15.9 Å². The minimum atomic E-state index is -3.68. The van der Waals surface area contributed by atoms with E-state index in [2.05, 4.69) is 14.7 Å². The Labute approximate surface area is 176 Å². The number of nitrogens with zero attached hydrogens (tertiary/aromatic N) is 3. The van der Waals surface area contributed by atoms with Gasteiger partial charge in [-0.1, -0.05) is 30.3 Å². The van der Waals surface area contributed by atoms with Crippen molar-refractivity contribution in [1.29, 1.82) is 0 Å². The number of thiazole rings is 1. The van der Waals surface area contributed by atoms with Gasteiger partial charge in [-0.05, 0) is 25.1 Å². The van der Waals surface area contributed by atoms with Crippen molar-refractivity contribution in [2.24, 2.45) is 9.98 Å². The first-order valence-electron chi connectivity index (χ1n) is 9.01. The van der Waals surface area contributed by atoms with Crippen LogP contribution in [0.25, 0.3) is 0 Å². The van der Waals surface area contributed by atoms with Gasteiger partial charge in [-0.3, -0.25) is 14.5 Å². The van der Waals surface area contributed by atoms with Crippen LogP contribution >= 0.6 is 11.3 Å². The first-order valence-corrected chi connectivity index (χ1v) is 11.4. The lowest BCUT2D eigenvalue weighted by molar-refractivity contribution is -0.118. The smallest absolute Gasteiger partial charge is 0.272 e. The van der Waals surface area contributed by atoms with Gasteiger partial charge < -0.3 is 4.57 Å². The number of hydrogen-bond acceptors (Lipinski definition) is 5. The van der Waals surface area contributed by atoms with Crippen LogP contribution in [0.15, 0.2) is 75.0 Å². The SMILES string of the molecule is C[C@H](N=C1NS(=O)(=O)c2ccccc21)C(=O)N=c1sccn1Cc1ccccc1F. The zero-order valence-corrected chi connectivity index (χ0v) is 17.5. The molecule has 0 unspecified atom stereocenters. The van der Waals surface area contributed by atoms with Crippen LogP contribution < -0.4 is 9.52 Å². The quantitative estimate of drug-likeness (QED) is 0.669. The van der Waals surface area contributed by atoms with E-state index in [4.69, 9.17) is 0 Å². The fourth-order valence-corrected chi connectivity index (χ4v) is 4.96. The predicted molar refractivity (Wildman–Crippen MR) is 111 cm³/mol. The molecule has 1 N–H and O–H groups in total. The minimum absolute atomic E-state index is 0.118. The van der Waals surface area contributed by atoms with Gasteiger partial charge in [0.2, 0.25) is 0 Å². The largest absolute Gasteiger partial charge is 0.319 e. The van der Waals surface area contributed by atoms with Crippen molar-refractivity contribution in [1.82, 2.24) is 9.29 Å². The van der Waals surface area contributed by atoms with Crippen molar-refractivity contribution >= 4 is 33.1 Å². The summed E-state index contributed by atoms with van der Waals surface area (Å²) in [5.41, 5.74) is 0.901. The number of sulfonamides is 1. The number of halogens is 1. The second kappa shape index (κ2) is 7.96. The molecule has 0 aliphatic carbocycles. The molecule has 30 heavy (non-hydrogen) atoms. The van der Waals surface area contributed by atoms with Crippen LogP contribution in [0.3, 0.4) is 0 Å². The van der Waals surface area contributed by atoms with E-state index in [1.807, 2.05) is 0 Å². The Hall–Kier alpha value is -3.11. The van der Waals surface area contributed by atoms with Crippen molar-refractivity contribution in [2.75, 3.05) is 0 Å². The molecule has 1 atom stereocenters. The van der Waals surface area contributed by atoms with Crippen LogP contribution in [-0.4, -0.2) is 30.8 Å². The Kier molecular flexibility index (Phi) is 5.35. The van der Waals surface area contributed by atoms with Gasteiger partial charge in [0, 0.05) is 22.7 Å². The molecule has 1 aliphatic rings. The zero-order chi connectivity index (χ0) is 21.3. The molecule has 1 aromatic heterocycles. The van der Waals surface area contributed by atoms with E-state index >= 15 is 0 Å². The van der Waals surface area contributed by atoms with Crippen LogP contribution in [0.2, 0.25) is 0 Å². The number of aromatic nitrogens is 1. The zero-order valence-electron chi connectivity index (χ0n) is 15.8. The first kappa shape index (κ1) is 20.2. The Morgan fingerprint density at radius 1 is 1.20 bits per heavy atom. The molecule has 0 spiro atoms. The van der Waals surface area contributed by atoms with Crippen LogP contribution in [0.1, 0.15) is 18.1 Å². The average molecular weight is 445 g/mol. The van der Waals surface area contributed by atoms with Crippen molar-refractivity contribution in [3.8, 4) is 0 Å². The van der Waals surface area contributed by atoms with E-state index in [0.717, 1.165) is 0 Å². The number of carbonyl (C=O) groups is 1. The maximum atomic E-state index is 13.9. The standard InChI is InChI=1S/C20H17FN4O3S2/c1-13(22-18-15-7-3-5-9-17(15)30(27,28)24-18)19(26)23-20-25(10-11-29-20)12-14-6-2-4-8-16(14)21/h2-11,13H,12H2,1H3,(H,22,24)/t13-/m0/s1. The highest BCUT2D eigenvalue weighted by molar-refractivity contribution is 7.90. The molecule has 154 valence electrons. The molecule has 0 saturated heterocycles. The van der Waals surface area contributed by atoms with E-state index in [-0.39, 0.29) is 23.1 Å². The van der Waals surface area contributed by atoms with Gasteiger partial charge in [0.1, 0.15) is 17.7 Å². The molecule has 10 heteroatoms. The summed E-state index contributed by atoms with van der Waals surface area (Å²) in [6.45, 7) is 1.78. The summed E-state index contributed by atoms with van der Waals surface area (Å²) < 4.78 is 42.4. The third-order valence-corrected chi connectivity index (χ3v) is 6.70. The number of fused-ring (bicyclic) bond motifs is 1. The average Bonchev–Trinajstić information content (AvgIpc) is 3.25.